The highest BCUT2D eigenvalue weighted by atomic mass is 15.5. The molecule has 0 fully saturated rings. The maximum Gasteiger partial charge on any atom is 0.138 e. The van der Waals surface area contributed by atoms with Crippen molar-refractivity contribution in [2.45, 2.75) is 32.7 Å². The van der Waals surface area contributed by atoms with Gasteiger partial charge in [-0.3, -0.25) is 0 Å². The minimum atomic E-state index is 0.499. The summed E-state index contributed by atoms with van der Waals surface area (Å²) in [6.07, 6.45) is 6.59. The molecule has 0 aliphatic carbocycles. The van der Waals surface area contributed by atoms with E-state index in [0.717, 1.165) is 31.5 Å². The summed E-state index contributed by atoms with van der Waals surface area (Å²) in [5.41, 5.74) is 0.992. The number of H-pyrrole nitrogens is 1. The SMILES string of the molecule is CCCC(Cc1cn[nH]n1)Cn1cnnn1. The first-order valence-corrected chi connectivity index (χ1v) is 5.44. The molecule has 2 heterocycles. The molecular weight excluding hydrogens is 206 g/mol. The van der Waals surface area contributed by atoms with Crippen LogP contribution in [0.5, 0.6) is 0 Å². The molecule has 7 nitrogen and oxygen atoms in total. The fraction of sp³-hybridized carbons (Fsp3) is 0.667. The predicted molar refractivity (Wildman–Crippen MR) is 56.3 cm³/mol. The van der Waals surface area contributed by atoms with Crippen molar-refractivity contribution >= 4 is 0 Å². The van der Waals surface area contributed by atoms with Gasteiger partial charge in [-0.2, -0.15) is 15.4 Å². The van der Waals surface area contributed by atoms with E-state index < -0.39 is 0 Å². The van der Waals surface area contributed by atoms with Gasteiger partial charge < -0.3 is 0 Å². The molecular formula is C9H15N7. The monoisotopic (exact) mass is 221 g/mol. The Hall–Kier alpha value is -1.79. The second-order valence-corrected chi connectivity index (χ2v) is 3.85. The summed E-state index contributed by atoms with van der Waals surface area (Å²) in [5, 5.41) is 21.6. The third kappa shape index (κ3) is 2.85. The maximum atomic E-state index is 4.07. The fourth-order valence-electron chi connectivity index (χ4n) is 1.81. The van der Waals surface area contributed by atoms with Gasteiger partial charge in [0.25, 0.3) is 0 Å². The summed E-state index contributed by atoms with van der Waals surface area (Å²) in [4.78, 5) is 0. The zero-order chi connectivity index (χ0) is 11.2. The lowest BCUT2D eigenvalue weighted by molar-refractivity contribution is 0.379. The number of tetrazole rings is 1. The van der Waals surface area contributed by atoms with Crippen molar-refractivity contribution in [2.24, 2.45) is 5.92 Å². The zero-order valence-electron chi connectivity index (χ0n) is 9.24. The Morgan fingerprint density at radius 3 is 3.06 bits per heavy atom. The van der Waals surface area contributed by atoms with Crippen LogP contribution in [0.4, 0.5) is 0 Å². The van der Waals surface area contributed by atoms with Gasteiger partial charge in [-0.15, -0.1) is 5.10 Å². The largest absolute Gasteiger partial charge is 0.232 e. The molecule has 2 rings (SSSR count). The van der Waals surface area contributed by atoms with E-state index in [1.807, 2.05) is 0 Å². The average Bonchev–Trinajstić information content (AvgIpc) is 2.91. The lowest BCUT2D eigenvalue weighted by atomic mass is 9.98. The Kier molecular flexibility index (Phi) is 3.58. The molecule has 1 unspecified atom stereocenters. The van der Waals surface area contributed by atoms with Crippen LogP contribution < -0.4 is 0 Å². The van der Waals surface area contributed by atoms with Crippen LogP contribution in [0.2, 0.25) is 0 Å². The van der Waals surface area contributed by atoms with Crippen LogP contribution in [0.1, 0.15) is 25.5 Å². The van der Waals surface area contributed by atoms with Gasteiger partial charge in [0.15, 0.2) is 0 Å². The smallest absolute Gasteiger partial charge is 0.138 e. The van der Waals surface area contributed by atoms with E-state index in [1.54, 1.807) is 17.2 Å². The van der Waals surface area contributed by atoms with Crippen LogP contribution in [-0.2, 0) is 13.0 Å². The van der Waals surface area contributed by atoms with Gasteiger partial charge in [0.1, 0.15) is 6.33 Å². The van der Waals surface area contributed by atoms with Crippen LogP contribution in [0.25, 0.3) is 0 Å². The van der Waals surface area contributed by atoms with Crippen molar-refractivity contribution in [3.63, 3.8) is 0 Å². The molecule has 7 heteroatoms. The molecule has 0 spiro atoms. The van der Waals surface area contributed by atoms with E-state index in [4.69, 9.17) is 0 Å². The van der Waals surface area contributed by atoms with Crippen molar-refractivity contribution in [1.82, 2.24) is 35.6 Å². The number of hydrogen-bond acceptors (Lipinski definition) is 5. The van der Waals surface area contributed by atoms with Crippen LogP contribution in [-0.4, -0.2) is 35.6 Å². The molecule has 0 saturated heterocycles. The topological polar surface area (TPSA) is 85.2 Å². The predicted octanol–water partition coefficient (Wildman–Crippen LogP) is 0.450. The zero-order valence-corrected chi connectivity index (χ0v) is 9.24. The first-order valence-electron chi connectivity index (χ1n) is 5.44. The van der Waals surface area contributed by atoms with Crippen molar-refractivity contribution in [1.29, 1.82) is 0 Å². The third-order valence-corrected chi connectivity index (χ3v) is 2.50. The summed E-state index contributed by atoms with van der Waals surface area (Å²) in [7, 11) is 0. The van der Waals surface area contributed by atoms with E-state index in [9.17, 15) is 0 Å². The normalized spacial score (nSPS) is 12.8. The Morgan fingerprint density at radius 2 is 2.44 bits per heavy atom. The first-order chi connectivity index (χ1) is 7.88. The molecule has 0 aromatic carbocycles. The van der Waals surface area contributed by atoms with E-state index in [0.29, 0.717) is 5.92 Å². The minimum Gasteiger partial charge on any atom is -0.232 e. The molecule has 2 aromatic heterocycles. The molecule has 0 aliphatic rings. The third-order valence-electron chi connectivity index (χ3n) is 2.50. The first kappa shape index (κ1) is 10.7. The Morgan fingerprint density at radius 1 is 1.50 bits per heavy atom. The van der Waals surface area contributed by atoms with Gasteiger partial charge in [0.2, 0.25) is 0 Å². The van der Waals surface area contributed by atoms with Crippen molar-refractivity contribution in [3.8, 4) is 0 Å². The minimum absolute atomic E-state index is 0.499. The molecule has 0 radical (unpaired) electrons. The molecule has 0 aliphatic heterocycles. The van der Waals surface area contributed by atoms with Gasteiger partial charge in [-0.25, -0.2) is 4.68 Å². The van der Waals surface area contributed by atoms with Crippen LogP contribution >= 0.6 is 0 Å². The average molecular weight is 221 g/mol. The van der Waals surface area contributed by atoms with Gasteiger partial charge in [0.05, 0.1) is 11.9 Å². The molecule has 0 saturated carbocycles. The highest BCUT2D eigenvalue weighted by molar-refractivity contribution is 4.92. The van der Waals surface area contributed by atoms with E-state index in [1.165, 1.54) is 0 Å². The molecule has 1 N–H and O–H groups in total. The fourth-order valence-corrected chi connectivity index (χ4v) is 1.81. The highest BCUT2D eigenvalue weighted by Crippen LogP contribution is 2.13. The molecule has 16 heavy (non-hydrogen) atoms. The summed E-state index contributed by atoms with van der Waals surface area (Å²) in [6, 6.07) is 0. The quantitative estimate of drug-likeness (QED) is 0.765. The summed E-state index contributed by atoms with van der Waals surface area (Å²) < 4.78 is 1.76. The van der Waals surface area contributed by atoms with Crippen LogP contribution in [0.15, 0.2) is 12.5 Å². The molecule has 0 bridgehead atoms. The number of nitrogens with zero attached hydrogens (tertiary/aromatic N) is 6. The number of rotatable bonds is 6. The number of aromatic nitrogens is 7. The summed E-state index contributed by atoms with van der Waals surface area (Å²) in [5.74, 6) is 0.499. The Bertz CT molecular complexity index is 344. The molecule has 0 amide bonds. The number of nitrogens with one attached hydrogen (secondary N) is 1. The Balaban J connectivity index is 1.94. The standard InChI is InChI=1S/C9H15N7/c1-2-3-8(4-9-5-10-13-12-9)6-16-7-11-14-15-16/h5,7-8H,2-4,6H2,1H3,(H,10,12,13). The van der Waals surface area contributed by atoms with Crippen molar-refractivity contribution in [3.05, 3.63) is 18.2 Å². The molecule has 86 valence electrons. The van der Waals surface area contributed by atoms with E-state index >= 15 is 0 Å². The van der Waals surface area contributed by atoms with Crippen molar-refractivity contribution in [2.75, 3.05) is 0 Å². The van der Waals surface area contributed by atoms with Gasteiger partial charge in [0, 0.05) is 6.54 Å². The van der Waals surface area contributed by atoms with E-state index in [2.05, 4.69) is 37.9 Å². The summed E-state index contributed by atoms with van der Waals surface area (Å²) >= 11 is 0. The Labute approximate surface area is 93.2 Å². The number of aromatic amines is 1. The van der Waals surface area contributed by atoms with Crippen LogP contribution in [0.3, 0.4) is 0 Å². The van der Waals surface area contributed by atoms with E-state index in [-0.39, 0.29) is 0 Å². The summed E-state index contributed by atoms with van der Waals surface area (Å²) in [6.45, 7) is 3.00. The second-order valence-electron chi connectivity index (χ2n) is 3.85. The molecule has 1 atom stereocenters. The van der Waals surface area contributed by atoms with Gasteiger partial charge in [-0.05, 0) is 29.2 Å². The second kappa shape index (κ2) is 5.34. The van der Waals surface area contributed by atoms with Gasteiger partial charge in [-0.1, -0.05) is 13.3 Å². The lowest BCUT2D eigenvalue weighted by Crippen LogP contribution is -2.14. The maximum absolute atomic E-state index is 4.07. The molecule has 2 aromatic rings. The highest BCUT2D eigenvalue weighted by Gasteiger charge is 2.12. The number of hydrogen-bond donors (Lipinski definition) is 1. The van der Waals surface area contributed by atoms with Gasteiger partial charge >= 0.3 is 0 Å². The van der Waals surface area contributed by atoms with Crippen molar-refractivity contribution < 1.29 is 0 Å². The lowest BCUT2D eigenvalue weighted by Gasteiger charge is -2.13. The van der Waals surface area contributed by atoms with Crippen LogP contribution in [0, 0.1) is 5.92 Å².